The van der Waals surface area contributed by atoms with Gasteiger partial charge in [-0.1, -0.05) is 25.1 Å². The Morgan fingerprint density at radius 2 is 2.00 bits per heavy atom. The lowest BCUT2D eigenvalue weighted by molar-refractivity contribution is 0.136. The fraction of sp³-hybridized carbons (Fsp3) is 0.562. The van der Waals surface area contributed by atoms with Gasteiger partial charge in [0.15, 0.2) is 0 Å². The third-order valence-corrected chi connectivity index (χ3v) is 3.52. The minimum absolute atomic E-state index is 0.799. The molecular weight excluding hydrogens is 208 g/mol. The first-order valence-electron chi connectivity index (χ1n) is 6.88. The Balaban J connectivity index is 1.87. The van der Waals surface area contributed by atoms with Gasteiger partial charge in [0.05, 0.1) is 0 Å². The van der Waals surface area contributed by atoms with Crippen molar-refractivity contribution in [2.24, 2.45) is 0 Å². The van der Waals surface area contributed by atoms with Gasteiger partial charge in [0.1, 0.15) is 0 Å². The molecule has 0 fully saturated rings. The zero-order valence-electron chi connectivity index (χ0n) is 10.7. The monoisotopic (exact) mass is 231 g/mol. The van der Waals surface area contributed by atoms with Crippen molar-refractivity contribution in [2.75, 3.05) is 13.2 Å². The van der Waals surface area contributed by atoms with E-state index in [1.807, 2.05) is 0 Å². The smallest absolute Gasteiger partial charge is 0.0469 e. The maximum Gasteiger partial charge on any atom is 0.0469 e. The number of hydrogen-bond acceptors (Lipinski definition) is 1. The Morgan fingerprint density at radius 1 is 1.12 bits per heavy atom. The predicted octanol–water partition coefficient (Wildman–Crippen LogP) is 3.74. The summed E-state index contributed by atoms with van der Waals surface area (Å²) in [4.78, 5) is 0. The summed E-state index contributed by atoms with van der Waals surface area (Å²) in [5.41, 5.74) is 4.78. The number of benzene rings is 1. The van der Waals surface area contributed by atoms with Crippen molar-refractivity contribution in [1.82, 2.24) is 0 Å². The van der Waals surface area contributed by atoms with Gasteiger partial charge in [0.2, 0.25) is 0 Å². The SMILES string of the molecule is [CH2]CCOCCCc1cccc2c1CCCC2. The van der Waals surface area contributed by atoms with Crippen LogP contribution in [0.5, 0.6) is 0 Å². The molecule has 0 atom stereocenters. The van der Waals surface area contributed by atoms with E-state index in [1.165, 1.54) is 32.1 Å². The Bertz CT molecular complexity index is 343. The average molecular weight is 231 g/mol. The lowest BCUT2D eigenvalue weighted by Gasteiger charge is -2.19. The topological polar surface area (TPSA) is 9.23 Å². The number of hydrogen-bond donors (Lipinski definition) is 0. The first-order chi connectivity index (χ1) is 8.42. The quantitative estimate of drug-likeness (QED) is 0.678. The fourth-order valence-corrected chi connectivity index (χ4v) is 2.66. The van der Waals surface area contributed by atoms with E-state index in [9.17, 15) is 0 Å². The van der Waals surface area contributed by atoms with Gasteiger partial charge in [-0.05, 0) is 61.6 Å². The number of fused-ring (bicyclic) bond motifs is 1. The lowest BCUT2D eigenvalue weighted by atomic mass is 9.87. The third-order valence-electron chi connectivity index (χ3n) is 3.52. The molecule has 1 nitrogen and oxygen atoms in total. The summed E-state index contributed by atoms with van der Waals surface area (Å²) in [5.74, 6) is 0. The highest BCUT2D eigenvalue weighted by molar-refractivity contribution is 5.37. The molecule has 0 heterocycles. The van der Waals surface area contributed by atoms with Gasteiger partial charge in [0, 0.05) is 13.2 Å². The second-order valence-electron chi connectivity index (χ2n) is 4.83. The van der Waals surface area contributed by atoms with Crippen LogP contribution in [0.2, 0.25) is 0 Å². The molecule has 0 saturated carbocycles. The Morgan fingerprint density at radius 3 is 2.88 bits per heavy atom. The molecule has 1 aliphatic rings. The molecule has 1 aromatic carbocycles. The van der Waals surface area contributed by atoms with E-state index in [0.717, 1.165) is 26.1 Å². The molecule has 0 bridgehead atoms. The molecule has 0 N–H and O–H groups in total. The van der Waals surface area contributed by atoms with Crippen LogP contribution in [0, 0.1) is 6.92 Å². The van der Waals surface area contributed by atoms with E-state index in [4.69, 9.17) is 4.74 Å². The van der Waals surface area contributed by atoms with Gasteiger partial charge in [0.25, 0.3) is 0 Å². The zero-order chi connectivity index (χ0) is 11.9. The molecule has 0 amide bonds. The summed E-state index contributed by atoms with van der Waals surface area (Å²) in [6.45, 7) is 5.45. The fourth-order valence-electron chi connectivity index (χ4n) is 2.66. The molecule has 0 saturated heterocycles. The van der Waals surface area contributed by atoms with Crippen molar-refractivity contribution in [2.45, 2.75) is 44.9 Å². The van der Waals surface area contributed by atoms with Gasteiger partial charge in [-0.25, -0.2) is 0 Å². The molecule has 93 valence electrons. The molecule has 0 aromatic heterocycles. The molecule has 1 heteroatoms. The molecule has 0 unspecified atom stereocenters. The highest BCUT2D eigenvalue weighted by Gasteiger charge is 2.12. The van der Waals surface area contributed by atoms with Crippen LogP contribution in [0.15, 0.2) is 18.2 Å². The summed E-state index contributed by atoms with van der Waals surface area (Å²) in [7, 11) is 0. The highest BCUT2D eigenvalue weighted by Crippen LogP contribution is 2.25. The summed E-state index contributed by atoms with van der Waals surface area (Å²) in [6.07, 6.45) is 8.47. The first-order valence-corrected chi connectivity index (χ1v) is 6.88. The van der Waals surface area contributed by atoms with Crippen LogP contribution >= 0.6 is 0 Å². The van der Waals surface area contributed by atoms with Crippen LogP contribution in [0.1, 0.15) is 42.4 Å². The summed E-state index contributed by atoms with van der Waals surface area (Å²) >= 11 is 0. The number of aryl methyl sites for hydroxylation is 2. The number of rotatable bonds is 6. The second kappa shape index (κ2) is 6.80. The minimum Gasteiger partial charge on any atom is -0.381 e. The second-order valence-corrected chi connectivity index (χ2v) is 4.83. The van der Waals surface area contributed by atoms with E-state index in [0.29, 0.717) is 0 Å². The standard InChI is InChI=1S/C16H23O/c1-2-12-17-13-6-10-15-9-5-8-14-7-3-4-11-16(14)15/h5,8-9H,1-4,6-7,10-13H2. The molecule has 1 aliphatic carbocycles. The van der Waals surface area contributed by atoms with Crippen LogP contribution in [-0.4, -0.2) is 13.2 Å². The molecular formula is C16H23O. The van der Waals surface area contributed by atoms with Crippen molar-refractivity contribution in [3.8, 4) is 0 Å². The lowest BCUT2D eigenvalue weighted by Crippen LogP contribution is -2.07. The van der Waals surface area contributed by atoms with Crippen LogP contribution in [0.25, 0.3) is 0 Å². The summed E-state index contributed by atoms with van der Waals surface area (Å²) in [5, 5.41) is 0. The third kappa shape index (κ3) is 3.57. The van der Waals surface area contributed by atoms with Crippen LogP contribution in [0.3, 0.4) is 0 Å². The highest BCUT2D eigenvalue weighted by atomic mass is 16.5. The number of ether oxygens (including phenoxy) is 1. The first kappa shape index (κ1) is 12.6. The molecule has 0 spiro atoms. The van der Waals surface area contributed by atoms with E-state index >= 15 is 0 Å². The van der Waals surface area contributed by atoms with Crippen molar-refractivity contribution < 1.29 is 4.74 Å². The van der Waals surface area contributed by atoms with Gasteiger partial charge in [-0.2, -0.15) is 0 Å². The van der Waals surface area contributed by atoms with Gasteiger partial charge < -0.3 is 4.74 Å². The van der Waals surface area contributed by atoms with Gasteiger partial charge in [-0.3, -0.25) is 0 Å². The molecule has 17 heavy (non-hydrogen) atoms. The van der Waals surface area contributed by atoms with Crippen molar-refractivity contribution >= 4 is 0 Å². The van der Waals surface area contributed by atoms with E-state index in [-0.39, 0.29) is 0 Å². The zero-order valence-corrected chi connectivity index (χ0v) is 10.7. The van der Waals surface area contributed by atoms with Crippen molar-refractivity contribution in [3.05, 3.63) is 41.8 Å². The van der Waals surface area contributed by atoms with Crippen LogP contribution in [0.4, 0.5) is 0 Å². The van der Waals surface area contributed by atoms with E-state index < -0.39 is 0 Å². The Hall–Kier alpha value is -0.820. The minimum atomic E-state index is 0.799. The predicted molar refractivity (Wildman–Crippen MR) is 72.2 cm³/mol. The van der Waals surface area contributed by atoms with E-state index in [2.05, 4.69) is 25.1 Å². The normalized spacial score (nSPS) is 14.6. The average Bonchev–Trinajstić information content (AvgIpc) is 2.39. The van der Waals surface area contributed by atoms with Gasteiger partial charge in [-0.15, -0.1) is 0 Å². The van der Waals surface area contributed by atoms with Crippen LogP contribution < -0.4 is 0 Å². The summed E-state index contributed by atoms with van der Waals surface area (Å²) in [6, 6.07) is 6.82. The van der Waals surface area contributed by atoms with E-state index in [1.54, 1.807) is 16.7 Å². The van der Waals surface area contributed by atoms with Gasteiger partial charge >= 0.3 is 0 Å². The van der Waals surface area contributed by atoms with Crippen molar-refractivity contribution in [1.29, 1.82) is 0 Å². The molecule has 2 rings (SSSR count). The maximum absolute atomic E-state index is 5.49. The summed E-state index contributed by atoms with van der Waals surface area (Å²) < 4.78 is 5.49. The van der Waals surface area contributed by atoms with Crippen LogP contribution in [-0.2, 0) is 24.0 Å². The molecule has 1 radical (unpaired) electrons. The Labute approximate surface area is 105 Å². The molecule has 0 aliphatic heterocycles. The Kier molecular flexibility index (Phi) is 5.06. The van der Waals surface area contributed by atoms with Crippen molar-refractivity contribution in [3.63, 3.8) is 0 Å². The maximum atomic E-state index is 5.49. The molecule has 1 aromatic rings. The largest absolute Gasteiger partial charge is 0.381 e.